The highest BCUT2D eigenvalue weighted by Crippen LogP contribution is 2.50. The fourth-order valence-corrected chi connectivity index (χ4v) is 5.43. The zero-order valence-electron chi connectivity index (χ0n) is 20.0. The molecule has 3 unspecified atom stereocenters. The SMILES string of the molecule is CC(C)OC(=O)C(C)NP(=O)(OCC12CO[C@@H]([C@H](n3ccc(N)nc3=O)O1)[C@@H]2O)Oc1ccccc1. The first-order valence-corrected chi connectivity index (χ1v) is 12.9. The molecule has 2 bridgehead atoms. The van der Waals surface area contributed by atoms with Crippen molar-refractivity contribution in [3.05, 3.63) is 53.1 Å². The van der Waals surface area contributed by atoms with Gasteiger partial charge in [-0.1, -0.05) is 18.2 Å². The first-order chi connectivity index (χ1) is 17.0. The van der Waals surface area contributed by atoms with Crippen LogP contribution in [-0.4, -0.2) is 63.8 Å². The summed E-state index contributed by atoms with van der Waals surface area (Å²) in [5, 5.41) is 13.5. The summed E-state index contributed by atoms with van der Waals surface area (Å²) in [4.78, 5) is 28.3. The minimum Gasteiger partial charge on any atom is -0.462 e. The summed E-state index contributed by atoms with van der Waals surface area (Å²) in [5.74, 6) is -0.393. The number of nitrogen functional groups attached to an aromatic ring is 1. The summed E-state index contributed by atoms with van der Waals surface area (Å²) in [5.41, 5.74) is 3.40. The molecule has 4 N–H and O–H groups in total. The summed E-state index contributed by atoms with van der Waals surface area (Å²) in [6.07, 6.45) is -2.14. The third kappa shape index (κ3) is 5.46. The summed E-state index contributed by atoms with van der Waals surface area (Å²) in [6, 6.07) is 8.61. The Morgan fingerprint density at radius 1 is 1.33 bits per heavy atom. The number of para-hydroxylation sites is 1. The van der Waals surface area contributed by atoms with Gasteiger partial charge in [-0.25, -0.2) is 9.36 Å². The number of anilines is 1. The van der Waals surface area contributed by atoms with Crippen LogP contribution in [0.5, 0.6) is 5.75 Å². The maximum atomic E-state index is 13.7. The average Bonchev–Trinajstić information content (AvgIpc) is 3.27. The molecule has 36 heavy (non-hydrogen) atoms. The van der Waals surface area contributed by atoms with Gasteiger partial charge in [0.05, 0.1) is 19.3 Å². The van der Waals surface area contributed by atoms with Gasteiger partial charge in [0.2, 0.25) is 0 Å². The van der Waals surface area contributed by atoms with Crippen LogP contribution in [0.15, 0.2) is 47.4 Å². The van der Waals surface area contributed by atoms with Gasteiger partial charge in [-0.3, -0.25) is 13.9 Å². The van der Waals surface area contributed by atoms with E-state index in [1.165, 1.54) is 19.2 Å². The molecular weight excluding hydrogens is 495 g/mol. The van der Waals surface area contributed by atoms with Crippen LogP contribution in [0, 0.1) is 0 Å². The zero-order chi connectivity index (χ0) is 26.1. The molecule has 2 fully saturated rings. The van der Waals surface area contributed by atoms with Crippen molar-refractivity contribution in [1.82, 2.24) is 14.6 Å². The third-order valence-electron chi connectivity index (χ3n) is 5.64. The predicted molar refractivity (Wildman–Crippen MR) is 126 cm³/mol. The largest absolute Gasteiger partial charge is 0.462 e. The van der Waals surface area contributed by atoms with Crippen LogP contribution < -0.4 is 21.0 Å². The van der Waals surface area contributed by atoms with Gasteiger partial charge < -0.3 is 29.6 Å². The molecule has 0 saturated carbocycles. The average molecular weight is 524 g/mol. The minimum atomic E-state index is -4.21. The fourth-order valence-electron chi connectivity index (χ4n) is 3.89. The molecule has 1 aromatic carbocycles. The van der Waals surface area contributed by atoms with Crippen molar-refractivity contribution < 1.29 is 37.7 Å². The molecule has 2 saturated heterocycles. The van der Waals surface area contributed by atoms with E-state index in [-0.39, 0.29) is 24.3 Å². The third-order valence-corrected chi connectivity index (χ3v) is 7.26. The van der Waals surface area contributed by atoms with E-state index in [4.69, 9.17) is 29.0 Å². The van der Waals surface area contributed by atoms with Crippen LogP contribution in [0.4, 0.5) is 5.82 Å². The lowest BCUT2D eigenvalue weighted by Gasteiger charge is -2.32. The standard InChI is InChI=1S/C22H29N4O9P/c1-13(2)33-20(28)14(3)25-36(30,35-15-7-5-4-6-8-15)32-12-22-11-31-17(18(22)27)19(34-22)26-10-9-16(23)24-21(26)29/h4-10,13-14,17-19,27H,11-12H2,1-3H3,(H,25,30)(H2,23,24,29)/t14?,17-,18+,19-,22?,36?/m1/s1. The molecular formula is C22H29N4O9P. The number of aromatic nitrogens is 2. The highest BCUT2D eigenvalue weighted by atomic mass is 31.2. The maximum Gasteiger partial charge on any atom is 0.459 e. The molecule has 0 amide bonds. The number of carbonyl (C=O) groups excluding carboxylic acids is 1. The molecule has 1 aromatic heterocycles. The van der Waals surface area contributed by atoms with E-state index < -0.39 is 56.1 Å². The summed E-state index contributed by atoms with van der Waals surface area (Å²) in [7, 11) is -4.21. The summed E-state index contributed by atoms with van der Waals surface area (Å²) in [6.45, 7) is 4.30. The van der Waals surface area contributed by atoms with Gasteiger partial charge in [-0.05, 0) is 39.0 Å². The molecule has 14 heteroatoms. The first kappa shape index (κ1) is 26.3. The smallest absolute Gasteiger partial charge is 0.459 e. The lowest BCUT2D eigenvalue weighted by molar-refractivity contribution is -0.185. The van der Waals surface area contributed by atoms with E-state index in [0.29, 0.717) is 0 Å². The van der Waals surface area contributed by atoms with Crippen molar-refractivity contribution in [3.63, 3.8) is 0 Å². The molecule has 3 heterocycles. The number of carbonyl (C=O) groups is 1. The van der Waals surface area contributed by atoms with Gasteiger partial charge in [-0.2, -0.15) is 10.1 Å². The number of nitrogens with one attached hydrogen (secondary N) is 1. The van der Waals surface area contributed by atoms with Crippen molar-refractivity contribution in [2.24, 2.45) is 0 Å². The van der Waals surface area contributed by atoms with Crippen LogP contribution >= 0.6 is 7.75 Å². The second-order valence-electron chi connectivity index (χ2n) is 8.85. The molecule has 6 atom stereocenters. The number of nitrogens with two attached hydrogens (primary N) is 1. The first-order valence-electron chi connectivity index (χ1n) is 11.3. The number of nitrogens with zero attached hydrogens (tertiary/aromatic N) is 2. The number of fused-ring (bicyclic) bond motifs is 2. The number of aliphatic hydroxyl groups is 1. The van der Waals surface area contributed by atoms with Crippen LogP contribution in [0.2, 0.25) is 0 Å². The Morgan fingerprint density at radius 2 is 2.06 bits per heavy atom. The Morgan fingerprint density at radius 3 is 2.72 bits per heavy atom. The second-order valence-corrected chi connectivity index (χ2v) is 10.5. The number of hydrogen-bond acceptors (Lipinski definition) is 11. The molecule has 2 aliphatic rings. The number of hydrogen-bond donors (Lipinski definition) is 3. The highest BCUT2D eigenvalue weighted by molar-refractivity contribution is 7.52. The molecule has 4 rings (SSSR count). The van der Waals surface area contributed by atoms with Gasteiger partial charge in [0.1, 0.15) is 35.4 Å². The number of aliphatic hydroxyl groups excluding tert-OH is 1. The van der Waals surface area contributed by atoms with Gasteiger partial charge in [0.25, 0.3) is 0 Å². The Kier molecular flexibility index (Phi) is 7.51. The van der Waals surface area contributed by atoms with Crippen molar-refractivity contribution in [2.45, 2.75) is 57.0 Å². The fraction of sp³-hybridized carbons (Fsp3) is 0.500. The van der Waals surface area contributed by atoms with Gasteiger partial charge in [0, 0.05) is 6.20 Å². The molecule has 2 aromatic rings. The summed E-state index contributed by atoms with van der Waals surface area (Å²) >= 11 is 0. The quantitative estimate of drug-likeness (QED) is 0.297. The Balaban J connectivity index is 1.53. The predicted octanol–water partition coefficient (Wildman–Crippen LogP) is 0.986. The minimum absolute atomic E-state index is 0.0362. The van der Waals surface area contributed by atoms with E-state index in [1.54, 1.807) is 44.2 Å². The topological polar surface area (TPSA) is 173 Å². The van der Waals surface area contributed by atoms with Gasteiger partial charge in [-0.15, -0.1) is 0 Å². The highest BCUT2D eigenvalue weighted by Gasteiger charge is 2.62. The molecule has 196 valence electrons. The Hall–Kier alpha value is -2.80. The van der Waals surface area contributed by atoms with E-state index >= 15 is 0 Å². The van der Waals surface area contributed by atoms with Crippen molar-refractivity contribution in [1.29, 1.82) is 0 Å². The van der Waals surface area contributed by atoms with Gasteiger partial charge in [0.15, 0.2) is 6.23 Å². The summed E-state index contributed by atoms with van der Waals surface area (Å²) < 4.78 is 43.0. The zero-order valence-corrected chi connectivity index (χ0v) is 20.9. The van der Waals surface area contributed by atoms with Crippen LogP contribution in [0.3, 0.4) is 0 Å². The lowest BCUT2D eigenvalue weighted by Crippen LogP contribution is -2.46. The van der Waals surface area contributed by atoms with Crippen LogP contribution in [-0.2, 0) is 28.1 Å². The van der Waals surface area contributed by atoms with Crippen LogP contribution in [0.25, 0.3) is 0 Å². The maximum absolute atomic E-state index is 13.7. The van der Waals surface area contributed by atoms with E-state index in [1.807, 2.05) is 0 Å². The van der Waals surface area contributed by atoms with Crippen molar-refractivity contribution in [3.8, 4) is 5.75 Å². The number of esters is 1. The van der Waals surface area contributed by atoms with E-state index in [0.717, 1.165) is 4.57 Å². The second kappa shape index (κ2) is 10.3. The lowest BCUT2D eigenvalue weighted by atomic mass is 10.0. The number of ether oxygens (including phenoxy) is 3. The molecule has 0 spiro atoms. The van der Waals surface area contributed by atoms with Crippen molar-refractivity contribution >= 4 is 19.5 Å². The molecule has 0 aliphatic carbocycles. The molecule has 13 nitrogen and oxygen atoms in total. The normalized spacial score (nSPS) is 27.5. The Labute approximate surface area is 207 Å². The number of benzene rings is 1. The van der Waals surface area contributed by atoms with E-state index in [9.17, 15) is 19.3 Å². The van der Waals surface area contributed by atoms with E-state index in [2.05, 4.69) is 10.1 Å². The van der Waals surface area contributed by atoms with Crippen molar-refractivity contribution in [2.75, 3.05) is 18.9 Å². The van der Waals surface area contributed by atoms with Gasteiger partial charge >= 0.3 is 19.4 Å². The monoisotopic (exact) mass is 524 g/mol. The molecule has 2 aliphatic heterocycles. The molecule has 0 radical (unpaired) electrons. The van der Waals surface area contributed by atoms with Crippen LogP contribution in [0.1, 0.15) is 27.0 Å². The number of rotatable bonds is 10. The Bertz CT molecular complexity index is 1190.